The van der Waals surface area contributed by atoms with E-state index in [1.807, 2.05) is 42.2 Å². The number of primary amides is 1. The van der Waals surface area contributed by atoms with Gasteiger partial charge in [-0.2, -0.15) is 0 Å². The van der Waals surface area contributed by atoms with Crippen LogP contribution in [0.1, 0.15) is 11.1 Å². The van der Waals surface area contributed by atoms with Gasteiger partial charge >= 0.3 is 0 Å². The van der Waals surface area contributed by atoms with Crippen molar-refractivity contribution >= 4 is 33.3 Å². The van der Waals surface area contributed by atoms with Crippen LogP contribution in [-0.2, 0) is 11.3 Å². The van der Waals surface area contributed by atoms with E-state index in [2.05, 4.69) is 20.9 Å². The predicted molar refractivity (Wildman–Crippen MR) is 87.8 cm³/mol. The van der Waals surface area contributed by atoms with Crippen molar-refractivity contribution in [3.63, 3.8) is 0 Å². The average molecular weight is 349 g/mol. The Morgan fingerprint density at radius 2 is 2.14 bits per heavy atom. The average Bonchev–Trinajstić information content (AvgIpc) is 2.41. The lowest BCUT2D eigenvalue weighted by Crippen LogP contribution is -2.34. The molecule has 1 amide bonds. The molecule has 0 fully saturated rings. The van der Waals surface area contributed by atoms with E-state index >= 15 is 0 Å². The Labute approximate surface area is 132 Å². The van der Waals surface area contributed by atoms with Crippen LogP contribution in [-0.4, -0.2) is 17.4 Å². The fourth-order valence-corrected chi connectivity index (χ4v) is 2.54. The van der Waals surface area contributed by atoms with Crippen molar-refractivity contribution in [2.24, 2.45) is 5.73 Å². The monoisotopic (exact) mass is 348 g/mol. The molecule has 0 bridgehead atoms. The van der Waals surface area contributed by atoms with Gasteiger partial charge < -0.3 is 16.4 Å². The molecule has 0 saturated carbocycles. The topological polar surface area (TPSA) is 85.2 Å². The second-order valence-corrected chi connectivity index (χ2v) is 5.63. The van der Waals surface area contributed by atoms with Crippen LogP contribution >= 0.6 is 15.9 Å². The van der Waals surface area contributed by atoms with E-state index in [0.717, 1.165) is 15.6 Å². The minimum Gasteiger partial charge on any atom is -0.399 e. The minimum atomic E-state index is -0.408. The van der Waals surface area contributed by atoms with Gasteiger partial charge in [-0.25, -0.2) is 4.98 Å². The second kappa shape index (κ2) is 6.58. The Balaban J connectivity index is 2.34. The zero-order valence-corrected chi connectivity index (χ0v) is 13.3. The third kappa shape index (κ3) is 3.95. The number of pyridine rings is 1. The standard InChI is InChI=1S/C15H17BrN4O/c1-10-5-6-19-15(14(10)16)20(9-13(18)21)8-11-3-2-4-12(17)7-11/h2-7H,8-9,17H2,1H3,(H2,18,21). The number of carbonyl (C=O) groups is 1. The number of halogens is 1. The van der Waals surface area contributed by atoms with Gasteiger partial charge in [-0.05, 0) is 52.2 Å². The number of anilines is 2. The van der Waals surface area contributed by atoms with E-state index < -0.39 is 5.91 Å². The normalized spacial score (nSPS) is 10.4. The van der Waals surface area contributed by atoms with E-state index in [4.69, 9.17) is 11.5 Å². The number of amides is 1. The second-order valence-electron chi connectivity index (χ2n) is 4.83. The number of nitrogens with two attached hydrogens (primary N) is 2. The molecule has 5 nitrogen and oxygen atoms in total. The summed E-state index contributed by atoms with van der Waals surface area (Å²) in [6.45, 7) is 2.56. The van der Waals surface area contributed by atoms with Crippen molar-refractivity contribution in [1.82, 2.24) is 4.98 Å². The fraction of sp³-hybridized carbons (Fsp3) is 0.200. The maximum Gasteiger partial charge on any atom is 0.237 e. The number of hydrogen-bond acceptors (Lipinski definition) is 4. The molecule has 0 aliphatic heterocycles. The Morgan fingerprint density at radius 1 is 1.38 bits per heavy atom. The maximum atomic E-state index is 11.3. The molecular weight excluding hydrogens is 332 g/mol. The third-order valence-electron chi connectivity index (χ3n) is 3.03. The molecule has 0 unspecified atom stereocenters. The van der Waals surface area contributed by atoms with Crippen molar-refractivity contribution in [3.05, 3.63) is 52.1 Å². The van der Waals surface area contributed by atoms with Gasteiger partial charge in [-0.3, -0.25) is 4.79 Å². The number of aryl methyl sites for hydroxylation is 1. The fourth-order valence-electron chi connectivity index (χ4n) is 2.05. The highest BCUT2D eigenvalue weighted by Gasteiger charge is 2.15. The molecule has 4 N–H and O–H groups in total. The molecule has 2 rings (SSSR count). The zero-order chi connectivity index (χ0) is 15.4. The highest BCUT2D eigenvalue weighted by Crippen LogP contribution is 2.28. The lowest BCUT2D eigenvalue weighted by molar-refractivity contribution is -0.116. The van der Waals surface area contributed by atoms with Crippen molar-refractivity contribution in [2.45, 2.75) is 13.5 Å². The Kier molecular flexibility index (Phi) is 4.80. The first-order chi connectivity index (χ1) is 9.97. The molecule has 1 aromatic heterocycles. The minimum absolute atomic E-state index is 0.0872. The van der Waals surface area contributed by atoms with E-state index in [1.54, 1.807) is 6.20 Å². The molecule has 6 heteroatoms. The van der Waals surface area contributed by atoms with Crippen molar-refractivity contribution in [3.8, 4) is 0 Å². The summed E-state index contributed by atoms with van der Waals surface area (Å²) < 4.78 is 0.857. The first-order valence-electron chi connectivity index (χ1n) is 6.46. The zero-order valence-electron chi connectivity index (χ0n) is 11.7. The Bertz CT molecular complexity index is 660. The summed E-state index contributed by atoms with van der Waals surface area (Å²) in [6, 6.07) is 9.43. The molecule has 2 aromatic rings. The van der Waals surface area contributed by atoms with Crippen molar-refractivity contribution in [2.75, 3.05) is 17.2 Å². The van der Waals surface area contributed by atoms with Gasteiger partial charge in [0.15, 0.2) is 0 Å². The van der Waals surface area contributed by atoms with Gasteiger partial charge in [0.1, 0.15) is 5.82 Å². The summed E-state index contributed by atoms with van der Waals surface area (Å²) in [6.07, 6.45) is 1.71. The quantitative estimate of drug-likeness (QED) is 0.811. The number of rotatable bonds is 5. The van der Waals surface area contributed by atoms with Crippen LogP contribution in [0.3, 0.4) is 0 Å². The lowest BCUT2D eigenvalue weighted by Gasteiger charge is -2.24. The summed E-state index contributed by atoms with van der Waals surface area (Å²) in [5, 5.41) is 0. The largest absolute Gasteiger partial charge is 0.399 e. The molecule has 0 aliphatic carbocycles. The molecule has 110 valence electrons. The molecule has 1 heterocycles. The molecule has 21 heavy (non-hydrogen) atoms. The summed E-state index contributed by atoms with van der Waals surface area (Å²) in [4.78, 5) is 17.5. The van der Waals surface area contributed by atoms with E-state index in [9.17, 15) is 4.79 Å². The van der Waals surface area contributed by atoms with E-state index in [0.29, 0.717) is 18.1 Å². The highest BCUT2D eigenvalue weighted by atomic mass is 79.9. The summed E-state index contributed by atoms with van der Waals surface area (Å²) in [5.41, 5.74) is 13.9. The van der Waals surface area contributed by atoms with Crippen LogP contribution in [0.2, 0.25) is 0 Å². The molecule has 0 atom stereocenters. The number of nitrogen functional groups attached to an aromatic ring is 1. The van der Waals surface area contributed by atoms with Gasteiger partial charge in [-0.15, -0.1) is 0 Å². The van der Waals surface area contributed by atoms with Gasteiger partial charge in [0, 0.05) is 18.4 Å². The molecular formula is C15H17BrN4O. The predicted octanol–water partition coefficient (Wildman–Crippen LogP) is 2.23. The highest BCUT2D eigenvalue weighted by molar-refractivity contribution is 9.10. The third-order valence-corrected chi connectivity index (χ3v) is 4.01. The molecule has 0 spiro atoms. The summed E-state index contributed by atoms with van der Waals surface area (Å²) in [7, 11) is 0. The van der Waals surface area contributed by atoms with Crippen molar-refractivity contribution < 1.29 is 4.79 Å². The van der Waals surface area contributed by atoms with E-state index in [-0.39, 0.29) is 6.54 Å². The molecule has 1 aromatic carbocycles. The van der Waals surface area contributed by atoms with Gasteiger partial charge in [-0.1, -0.05) is 12.1 Å². The number of nitrogens with zero attached hydrogens (tertiary/aromatic N) is 2. The molecule has 0 saturated heterocycles. The van der Waals surface area contributed by atoms with Crippen LogP contribution < -0.4 is 16.4 Å². The number of aromatic nitrogens is 1. The van der Waals surface area contributed by atoms with Gasteiger partial charge in [0.05, 0.1) is 11.0 Å². The molecule has 0 radical (unpaired) electrons. The Hall–Kier alpha value is -2.08. The van der Waals surface area contributed by atoms with Crippen LogP contribution in [0, 0.1) is 6.92 Å². The first kappa shape index (κ1) is 15.3. The smallest absolute Gasteiger partial charge is 0.237 e. The van der Waals surface area contributed by atoms with Crippen LogP contribution in [0.25, 0.3) is 0 Å². The summed E-state index contributed by atoms with van der Waals surface area (Å²) >= 11 is 3.52. The van der Waals surface area contributed by atoms with Crippen LogP contribution in [0.15, 0.2) is 41.0 Å². The SMILES string of the molecule is Cc1ccnc(N(CC(N)=O)Cc2cccc(N)c2)c1Br. The van der Waals surface area contributed by atoms with Gasteiger partial charge in [0.25, 0.3) is 0 Å². The summed E-state index contributed by atoms with van der Waals surface area (Å²) in [5.74, 6) is 0.283. The number of carbonyl (C=O) groups excluding carboxylic acids is 1. The van der Waals surface area contributed by atoms with Crippen molar-refractivity contribution in [1.29, 1.82) is 0 Å². The molecule has 0 aliphatic rings. The lowest BCUT2D eigenvalue weighted by atomic mass is 10.2. The number of hydrogen-bond donors (Lipinski definition) is 2. The Morgan fingerprint density at radius 3 is 2.81 bits per heavy atom. The van der Waals surface area contributed by atoms with Crippen LogP contribution in [0.4, 0.5) is 11.5 Å². The number of benzene rings is 1. The van der Waals surface area contributed by atoms with Gasteiger partial charge in [0.2, 0.25) is 5.91 Å². The first-order valence-corrected chi connectivity index (χ1v) is 7.25. The van der Waals surface area contributed by atoms with Crippen LogP contribution in [0.5, 0.6) is 0 Å². The maximum absolute atomic E-state index is 11.3. The van der Waals surface area contributed by atoms with E-state index in [1.165, 1.54) is 0 Å².